The van der Waals surface area contributed by atoms with Gasteiger partial charge in [-0.05, 0) is 143 Å². The van der Waals surface area contributed by atoms with Gasteiger partial charge >= 0.3 is 17.9 Å². The van der Waals surface area contributed by atoms with Crippen molar-refractivity contribution in [1.29, 1.82) is 0 Å². The third-order valence-electron chi connectivity index (χ3n) is 15.3. The number of aromatic carboxylic acids is 1. The first-order valence-corrected chi connectivity index (χ1v) is 32.0. The summed E-state index contributed by atoms with van der Waals surface area (Å²) < 4.78 is 3.14. The van der Waals surface area contributed by atoms with Gasteiger partial charge in [-0.1, -0.05) is 115 Å². The highest BCUT2D eigenvalue weighted by molar-refractivity contribution is 7.73. The number of rotatable bonds is 12. The second kappa shape index (κ2) is 29.0. The second-order valence-electron chi connectivity index (χ2n) is 22.8. The first-order valence-electron chi connectivity index (χ1n) is 29.6. The predicted octanol–water partition coefficient (Wildman–Crippen LogP) is 15.8. The van der Waals surface area contributed by atoms with Crippen LogP contribution in [0.5, 0.6) is 23.3 Å². The van der Waals surface area contributed by atoms with Crippen molar-refractivity contribution in [3.05, 3.63) is 237 Å². The molecule has 10 aromatic rings. The molecule has 3 aliphatic rings. The van der Waals surface area contributed by atoms with Crippen molar-refractivity contribution in [2.24, 2.45) is 20.0 Å². The number of benzene rings is 7. The summed E-state index contributed by atoms with van der Waals surface area (Å²) in [5.74, 6) is -3.77. The van der Waals surface area contributed by atoms with E-state index in [2.05, 4.69) is 75.1 Å². The first kappa shape index (κ1) is 67.7. The number of aliphatic carboxylic acids is 2. The molecule has 13 rings (SSSR count). The molecule has 3 aromatic heterocycles. The number of allylic oxidation sites excluding steroid dienone is 2. The van der Waals surface area contributed by atoms with E-state index in [-0.39, 0.29) is 39.7 Å². The molecule has 0 bridgehead atoms. The number of nitrogens with zero attached hydrogens (tertiary/aromatic N) is 8. The van der Waals surface area contributed by atoms with Crippen LogP contribution in [0.4, 0.5) is 17.3 Å². The molecule has 0 radical (unpaired) electrons. The molecule has 0 amide bonds. The van der Waals surface area contributed by atoms with E-state index >= 15 is 0 Å². The van der Waals surface area contributed by atoms with E-state index in [1.54, 1.807) is 73.1 Å². The lowest BCUT2D eigenvalue weighted by Crippen LogP contribution is -2.30. The SMILES string of the molecule is CC1=NC(Nc2nc(C)c3cc(C)c(C)cc3n2)=NC(C)(C)C1.O=C(O)C(c1ccccc1)n1c(O)c(C=C2C=Nc3ccccc32)sc1=S.O=C(O)C(c1ccccc1)n1c(O)c(C=C2C=Nc3ccccc32)sc1=S.O=C(O)c1ccccc1C(=O)c1ccc(O)cc1O. The molecule has 20 nitrogen and oxygen atoms in total. The zero-order valence-electron chi connectivity index (χ0n) is 52.2. The maximum Gasteiger partial charge on any atom is 0.336 e. The lowest BCUT2D eigenvalue weighted by molar-refractivity contribution is -0.140. The fraction of sp³-hybridized carbons (Fsp3) is 0.139. The third-order valence-corrected chi connectivity index (χ3v) is 18.0. The number of guanidine groups is 1. The molecule has 8 N–H and O–H groups in total. The van der Waals surface area contributed by atoms with Gasteiger partial charge in [-0.25, -0.2) is 34.3 Å². The summed E-state index contributed by atoms with van der Waals surface area (Å²) in [5.41, 5.74) is 11.5. The molecule has 0 spiro atoms. The molecular formula is C72H61N9O11S4. The van der Waals surface area contributed by atoms with E-state index in [0.29, 0.717) is 40.7 Å². The lowest BCUT2D eigenvalue weighted by atomic mass is 9.98. The van der Waals surface area contributed by atoms with Gasteiger partial charge in [0, 0.05) is 63.9 Å². The number of aryl methyl sites for hydroxylation is 3. The Balaban J connectivity index is 0.000000140. The lowest BCUT2D eigenvalue weighted by Gasteiger charge is -2.24. The molecular weight excluding hydrogens is 1300 g/mol. The number of fused-ring (bicyclic) bond motifs is 3. The number of nitrogens with one attached hydrogen (secondary N) is 1. The van der Waals surface area contributed by atoms with Crippen LogP contribution in [0.2, 0.25) is 0 Å². The summed E-state index contributed by atoms with van der Waals surface area (Å²) in [5, 5.41) is 73.1. The summed E-state index contributed by atoms with van der Waals surface area (Å²) in [4.78, 5) is 75.1. The van der Waals surface area contributed by atoms with Crippen LogP contribution in [0.3, 0.4) is 0 Å². The van der Waals surface area contributed by atoms with Gasteiger partial charge in [0.1, 0.15) is 11.5 Å². The molecule has 3 aliphatic heterocycles. The molecule has 484 valence electrons. The Labute approximate surface area is 568 Å². The van der Waals surface area contributed by atoms with E-state index in [1.165, 1.54) is 79.3 Å². The Morgan fingerprint density at radius 3 is 1.55 bits per heavy atom. The van der Waals surface area contributed by atoms with Gasteiger partial charge < -0.3 is 35.7 Å². The van der Waals surface area contributed by atoms with Crippen molar-refractivity contribution in [2.45, 2.75) is 65.6 Å². The molecule has 2 unspecified atom stereocenters. The van der Waals surface area contributed by atoms with Crippen LogP contribution in [0.15, 0.2) is 184 Å². The summed E-state index contributed by atoms with van der Waals surface area (Å²) in [6.07, 6.45) is 7.89. The number of ketones is 1. The van der Waals surface area contributed by atoms with Crippen LogP contribution in [-0.2, 0) is 9.59 Å². The Kier molecular flexibility index (Phi) is 20.4. The van der Waals surface area contributed by atoms with Crippen LogP contribution >= 0.6 is 47.1 Å². The van der Waals surface area contributed by atoms with E-state index < -0.39 is 41.5 Å². The van der Waals surface area contributed by atoms with Crippen molar-refractivity contribution in [1.82, 2.24) is 19.1 Å². The van der Waals surface area contributed by atoms with Crippen molar-refractivity contribution in [3.8, 4) is 23.3 Å². The van der Waals surface area contributed by atoms with Crippen LogP contribution in [0.25, 0.3) is 34.2 Å². The van der Waals surface area contributed by atoms with Crippen molar-refractivity contribution >= 4 is 146 Å². The number of para-hydroxylation sites is 2. The molecule has 0 aliphatic carbocycles. The minimum absolute atomic E-state index is 0.0176. The molecule has 7 aromatic carbocycles. The fourth-order valence-corrected chi connectivity index (χ4v) is 13.4. The molecule has 24 heteroatoms. The number of carbonyl (C=O) groups is 4. The Morgan fingerprint density at radius 2 is 1.06 bits per heavy atom. The number of phenols is 2. The smallest absolute Gasteiger partial charge is 0.336 e. The van der Waals surface area contributed by atoms with Gasteiger partial charge in [0.2, 0.25) is 23.7 Å². The second-order valence-corrected chi connectivity index (χ2v) is 26.1. The third kappa shape index (κ3) is 15.2. The maximum absolute atomic E-state index is 12.2. The topological polar surface area (TPSA) is 307 Å². The molecule has 96 heavy (non-hydrogen) atoms. The van der Waals surface area contributed by atoms with Crippen LogP contribution in [-0.4, -0.2) is 108 Å². The van der Waals surface area contributed by atoms with Crippen LogP contribution in [0, 0.1) is 28.7 Å². The van der Waals surface area contributed by atoms with E-state index in [1.807, 2.05) is 74.5 Å². The average molecular weight is 1360 g/mol. The number of aromatic nitrogens is 4. The van der Waals surface area contributed by atoms with Gasteiger partial charge in [0.15, 0.2) is 25.8 Å². The molecule has 2 atom stereocenters. The van der Waals surface area contributed by atoms with Crippen molar-refractivity contribution in [3.63, 3.8) is 0 Å². The molecule has 6 heterocycles. The number of hydrogen-bond acceptors (Lipinski definition) is 19. The Morgan fingerprint density at radius 1 is 0.583 bits per heavy atom. The van der Waals surface area contributed by atoms with Gasteiger partial charge in [-0.2, -0.15) is 0 Å². The number of hydrogen-bond donors (Lipinski definition) is 8. The first-order chi connectivity index (χ1) is 45.9. The number of carboxylic acids is 3. The average Bonchev–Trinajstić information content (AvgIpc) is 1.68. The molecule has 0 saturated carbocycles. The maximum atomic E-state index is 12.2. The monoisotopic (exact) mass is 1360 g/mol. The normalized spacial score (nSPS) is 14.5. The number of carbonyl (C=O) groups excluding carboxylic acids is 1. The molecule has 0 fully saturated rings. The zero-order chi connectivity index (χ0) is 68.7. The minimum Gasteiger partial charge on any atom is -0.508 e. The molecule has 0 saturated heterocycles. The highest BCUT2D eigenvalue weighted by Gasteiger charge is 2.30. The Bertz CT molecular complexity index is 4860. The zero-order valence-corrected chi connectivity index (χ0v) is 55.5. The van der Waals surface area contributed by atoms with Gasteiger partial charge in [-0.3, -0.25) is 29.2 Å². The summed E-state index contributed by atoms with van der Waals surface area (Å²) in [7, 11) is 0. The highest BCUT2D eigenvalue weighted by Crippen LogP contribution is 2.41. The number of carboxylic acid groups (broad SMARTS) is 3. The number of anilines is 1. The van der Waals surface area contributed by atoms with Gasteiger partial charge in [0.25, 0.3) is 0 Å². The minimum atomic E-state index is -1.22. The number of phenolic OH excluding ortho intramolecular Hbond substituents is 2. The highest BCUT2D eigenvalue weighted by atomic mass is 32.2. The van der Waals surface area contributed by atoms with Crippen molar-refractivity contribution in [2.75, 3.05) is 5.32 Å². The quantitative estimate of drug-likeness (QED) is 0.0416. The summed E-state index contributed by atoms with van der Waals surface area (Å²) in [6, 6.07) is 44.2. The van der Waals surface area contributed by atoms with Crippen LogP contribution in [0.1, 0.15) is 114 Å². The summed E-state index contributed by atoms with van der Waals surface area (Å²) in [6.45, 7) is 12.4. The van der Waals surface area contributed by atoms with E-state index in [0.717, 1.165) is 68.4 Å². The number of aromatic hydroxyl groups is 4. The fourth-order valence-electron chi connectivity index (χ4n) is 10.8. The Hall–Kier alpha value is -11.2. The summed E-state index contributed by atoms with van der Waals surface area (Å²) >= 11 is 13.1. The van der Waals surface area contributed by atoms with E-state index in [9.17, 15) is 44.7 Å². The van der Waals surface area contributed by atoms with Gasteiger partial charge in [0.05, 0.1) is 49.0 Å². The van der Waals surface area contributed by atoms with Gasteiger partial charge in [-0.15, -0.1) is 22.7 Å². The van der Waals surface area contributed by atoms with E-state index in [4.69, 9.17) is 34.6 Å². The standard InChI is InChI=1S/2C20H14N2O3S2.C18H23N5.C14H10O5/c2*23-18-16(10-13-11-21-15-9-5-4-8-14(13)15)27-20(26)22(18)17(19(24)25)12-6-2-1-3-7-12;1-10-7-14-13(4)20-16(21-15(14)8-11(10)2)22-17-19-12(3)9-18(5,6)23-17;15-8-5-6-11(12(16)7-8)13(17)9-3-1-2-4-10(9)14(18)19/h2*1-11,17,23H,(H,24,25);7-8H,9H2,1-6H3,(H,20,21,22,23);1-7,15-16H,(H,18,19). The van der Waals surface area contributed by atoms with Crippen LogP contribution < -0.4 is 5.32 Å². The predicted molar refractivity (Wildman–Crippen MR) is 382 cm³/mol. The van der Waals surface area contributed by atoms with Crippen molar-refractivity contribution < 1.29 is 54.9 Å². The number of thiazole rings is 2. The largest absolute Gasteiger partial charge is 0.508 e. The number of aliphatic imine (C=N–C) groups is 4.